The molecule has 0 aliphatic rings. The molecule has 0 fully saturated rings. The van der Waals surface area contributed by atoms with E-state index in [1.165, 1.54) is 37.3 Å². The fourth-order valence-electron chi connectivity index (χ4n) is 1.57. The molecular weight excluding hydrogens is 324 g/mol. The third kappa shape index (κ3) is 2.92. The molecule has 0 saturated heterocycles. The van der Waals surface area contributed by atoms with Crippen LogP contribution in [0.25, 0.3) is 0 Å². The Morgan fingerprint density at radius 2 is 2.00 bits per heavy atom. The van der Waals surface area contributed by atoms with Crippen molar-refractivity contribution in [1.82, 2.24) is 0 Å². The van der Waals surface area contributed by atoms with Gasteiger partial charge in [-0.15, -0.1) is 11.3 Å². The second-order valence-corrected chi connectivity index (χ2v) is 7.50. The number of rotatable bonds is 4. The highest BCUT2D eigenvalue weighted by Gasteiger charge is 2.20. The minimum atomic E-state index is -3.80. The van der Waals surface area contributed by atoms with Gasteiger partial charge in [0.2, 0.25) is 0 Å². The highest BCUT2D eigenvalue weighted by atomic mass is 35.5. The molecule has 2 aromatic rings. The number of hydrogen-bond acceptors (Lipinski definition) is 5. The standard InChI is InChI=1S/C11H9ClN2O4S2/c1-7-8(3-2-4-9(7)14(15)16)13-20(17,18)11-6-5-10(12)19-11/h2-6,13H,1H3. The molecule has 0 radical (unpaired) electrons. The quantitative estimate of drug-likeness (QED) is 0.686. The molecule has 0 spiro atoms. The number of nitro benzene ring substituents is 1. The molecule has 1 N–H and O–H groups in total. The van der Waals surface area contributed by atoms with Crippen LogP contribution < -0.4 is 4.72 Å². The normalized spacial score (nSPS) is 11.3. The number of benzene rings is 1. The minimum Gasteiger partial charge on any atom is -0.278 e. The summed E-state index contributed by atoms with van der Waals surface area (Å²) < 4.78 is 27.0. The fraction of sp³-hybridized carbons (Fsp3) is 0.0909. The summed E-state index contributed by atoms with van der Waals surface area (Å²) in [7, 11) is -3.80. The Bertz CT molecular complexity index is 770. The van der Waals surface area contributed by atoms with Crippen molar-refractivity contribution >= 4 is 44.3 Å². The Morgan fingerprint density at radius 3 is 2.55 bits per heavy atom. The minimum absolute atomic E-state index is 0.0495. The van der Waals surface area contributed by atoms with Crippen molar-refractivity contribution < 1.29 is 13.3 Å². The number of halogens is 1. The van der Waals surface area contributed by atoms with E-state index in [-0.39, 0.29) is 21.1 Å². The Balaban J connectivity index is 2.40. The Hall–Kier alpha value is -1.64. The zero-order valence-electron chi connectivity index (χ0n) is 10.2. The van der Waals surface area contributed by atoms with Crippen LogP contribution in [0, 0.1) is 17.0 Å². The van der Waals surface area contributed by atoms with Gasteiger partial charge in [0.25, 0.3) is 15.7 Å². The number of anilines is 1. The van der Waals surface area contributed by atoms with Gasteiger partial charge in [0, 0.05) is 6.07 Å². The van der Waals surface area contributed by atoms with E-state index < -0.39 is 14.9 Å². The summed E-state index contributed by atoms with van der Waals surface area (Å²) in [6, 6.07) is 7.05. The summed E-state index contributed by atoms with van der Waals surface area (Å²) in [5.74, 6) is 0. The largest absolute Gasteiger partial charge is 0.278 e. The molecule has 1 aromatic heterocycles. The number of thiophene rings is 1. The molecule has 0 aliphatic carbocycles. The summed E-state index contributed by atoms with van der Waals surface area (Å²) in [5, 5.41) is 10.8. The lowest BCUT2D eigenvalue weighted by Crippen LogP contribution is -2.12. The predicted molar refractivity (Wildman–Crippen MR) is 78.0 cm³/mol. The van der Waals surface area contributed by atoms with Crippen molar-refractivity contribution in [3.8, 4) is 0 Å². The van der Waals surface area contributed by atoms with Gasteiger partial charge in [0.05, 0.1) is 20.5 Å². The van der Waals surface area contributed by atoms with Crippen LogP contribution in [0.2, 0.25) is 4.34 Å². The van der Waals surface area contributed by atoms with Crippen LogP contribution in [0.1, 0.15) is 5.56 Å². The van der Waals surface area contributed by atoms with Crippen molar-refractivity contribution in [2.75, 3.05) is 4.72 Å². The number of nitrogens with zero attached hydrogens (tertiary/aromatic N) is 1. The smallest absolute Gasteiger partial charge is 0.274 e. The second-order valence-electron chi connectivity index (χ2n) is 3.87. The molecule has 9 heteroatoms. The first-order valence-electron chi connectivity index (χ1n) is 5.33. The van der Waals surface area contributed by atoms with Crippen LogP contribution >= 0.6 is 22.9 Å². The number of hydrogen-bond donors (Lipinski definition) is 1. The maximum atomic E-state index is 12.1. The molecule has 0 saturated carbocycles. The van der Waals surface area contributed by atoms with Crippen molar-refractivity contribution in [1.29, 1.82) is 0 Å². The van der Waals surface area contributed by atoms with Crippen LogP contribution in [0.15, 0.2) is 34.5 Å². The molecule has 0 unspecified atom stereocenters. The van der Waals surface area contributed by atoms with Crippen molar-refractivity contribution in [3.05, 3.63) is 50.3 Å². The molecule has 0 amide bonds. The van der Waals surface area contributed by atoms with Crippen LogP contribution in [0.5, 0.6) is 0 Å². The van der Waals surface area contributed by atoms with Gasteiger partial charge in [-0.2, -0.15) is 0 Å². The number of nitro groups is 1. The zero-order chi connectivity index (χ0) is 14.9. The van der Waals surface area contributed by atoms with Gasteiger partial charge < -0.3 is 0 Å². The second kappa shape index (κ2) is 5.39. The van der Waals surface area contributed by atoms with Gasteiger partial charge >= 0.3 is 0 Å². The van der Waals surface area contributed by atoms with E-state index in [1.807, 2.05) is 0 Å². The lowest BCUT2D eigenvalue weighted by atomic mass is 10.2. The number of nitrogens with one attached hydrogen (secondary N) is 1. The molecule has 0 aliphatic heterocycles. The summed E-state index contributed by atoms with van der Waals surface area (Å²) in [6.07, 6.45) is 0. The molecule has 20 heavy (non-hydrogen) atoms. The topological polar surface area (TPSA) is 89.3 Å². The summed E-state index contributed by atoms with van der Waals surface area (Å²) in [4.78, 5) is 10.3. The Morgan fingerprint density at radius 1 is 1.30 bits per heavy atom. The summed E-state index contributed by atoms with van der Waals surface area (Å²) >= 11 is 6.62. The first-order valence-corrected chi connectivity index (χ1v) is 8.01. The molecule has 2 rings (SSSR count). The summed E-state index contributed by atoms with van der Waals surface area (Å²) in [6.45, 7) is 1.48. The highest BCUT2D eigenvalue weighted by molar-refractivity contribution is 7.94. The zero-order valence-corrected chi connectivity index (χ0v) is 12.6. The molecule has 1 aromatic carbocycles. The van der Waals surface area contributed by atoms with Gasteiger partial charge in [0.15, 0.2) is 0 Å². The van der Waals surface area contributed by atoms with Gasteiger partial charge in [0.1, 0.15) is 4.21 Å². The molecular formula is C11H9ClN2O4S2. The maximum Gasteiger partial charge on any atom is 0.274 e. The Labute approximate surface area is 124 Å². The fourth-order valence-corrected chi connectivity index (χ4v) is 4.17. The van der Waals surface area contributed by atoms with Gasteiger partial charge in [-0.25, -0.2) is 8.42 Å². The molecule has 106 valence electrons. The average Bonchev–Trinajstić information content (AvgIpc) is 2.79. The third-order valence-electron chi connectivity index (χ3n) is 2.56. The lowest BCUT2D eigenvalue weighted by molar-refractivity contribution is -0.385. The Kier molecular flexibility index (Phi) is 3.98. The van der Waals surface area contributed by atoms with Crippen LogP contribution in [-0.4, -0.2) is 13.3 Å². The summed E-state index contributed by atoms with van der Waals surface area (Å²) in [5.41, 5.74) is 0.280. The SMILES string of the molecule is Cc1c(NS(=O)(=O)c2ccc(Cl)s2)cccc1[N+](=O)[O-]. The van der Waals surface area contributed by atoms with Crippen LogP contribution in [0.3, 0.4) is 0 Å². The van der Waals surface area contributed by atoms with Crippen molar-refractivity contribution in [2.45, 2.75) is 11.1 Å². The lowest BCUT2D eigenvalue weighted by Gasteiger charge is -2.09. The van der Waals surface area contributed by atoms with E-state index in [1.54, 1.807) is 0 Å². The first-order chi connectivity index (χ1) is 9.31. The number of sulfonamides is 1. The van der Waals surface area contributed by atoms with Gasteiger partial charge in [-0.1, -0.05) is 17.7 Å². The average molecular weight is 333 g/mol. The monoisotopic (exact) mass is 332 g/mol. The van der Waals surface area contributed by atoms with Crippen LogP contribution in [0.4, 0.5) is 11.4 Å². The van der Waals surface area contributed by atoms with Crippen molar-refractivity contribution in [3.63, 3.8) is 0 Å². The van der Waals surface area contributed by atoms with E-state index in [0.717, 1.165) is 11.3 Å². The first kappa shape index (κ1) is 14.8. The maximum absolute atomic E-state index is 12.1. The molecule has 1 heterocycles. The van der Waals surface area contributed by atoms with E-state index in [0.29, 0.717) is 4.34 Å². The van der Waals surface area contributed by atoms with E-state index in [2.05, 4.69) is 4.72 Å². The molecule has 0 bridgehead atoms. The molecule has 6 nitrogen and oxygen atoms in total. The van der Waals surface area contributed by atoms with Gasteiger partial charge in [-0.05, 0) is 25.1 Å². The highest BCUT2D eigenvalue weighted by Crippen LogP contribution is 2.30. The van der Waals surface area contributed by atoms with Crippen LogP contribution in [-0.2, 0) is 10.0 Å². The predicted octanol–water partition coefficient (Wildman–Crippen LogP) is 3.42. The van der Waals surface area contributed by atoms with E-state index in [9.17, 15) is 18.5 Å². The third-order valence-corrected chi connectivity index (χ3v) is 5.65. The molecule has 0 atom stereocenters. The van der Waals surface area contributed by atoms with Crippen molar-refractivity contribution in [2.24, 2.45) is 0 Å². The van der Waals surface area contributed by atoms with E-state index >= 15 is 0 Å². The van der Waals surface area contributed by atoms with Gasteiger partial charge in [-0.3, -0.25) is 14.8 Å². The van der Waals surface area contributed by atoms with E-state index in [4.69, 9.17) is 11.6 Å².